The van der Waals surface area contributed by atoms with Crippen molar-refractivity contribution in [3.05, 3.63) is 35.9 Å². The summed E-state index contributed by atoms with van der Waals surface area (Å²) in [6, 6.07) is 4.55. The molecule has 62 valence electrons. The topological polar surface area (TPSA) is 0 Å². The van der Waals surface area contributed by atoms with Crippen molar-refractivity contribution in [2.45, 2.75) is 0 Å². The fraction of sp³-hybridized carbons (Fsp3) is 0.143. The average Bonchev–Trinajstić information content (AvgIpc) is 1.88. The fourth-order valence-corrected chi connectivity index (χ4v) is 0.460. The van der Waals surface area contributed by atoms with Crippen LogP contribution in [-0.4, -0.2) is 5.34 Å². The first-order chi connectivity index (χ1) is 5.20. The monoisotopic (exact) mass is 198 g/mol. The van der Waals surface area contributed by atoms with Crippen molar-refractivity contribution in [2.24, 2.45) is 0 Å². The molecule has 1 aromatic carbocycles. The number of halogens is 4. The minimum atomic E-state index is -0.537. The molecule has 0 aliphatic carbocycles. The summed E-state index contributed by atoms with van der Waals surface area (Å²) in [4.78, 5) is 0. The maximum absolute atomic E-state index is 11.9. The van der Waals surface area contributed by atoms with Crippen LogP contribution in [0.2, 0.25) is 0 Å². The molecule has 0 nitrogen and oxygen atoms in total. The Bertz CT molecular complexity index is 186. The van der Waals surface area contributed by atoms with Crippen LogP contribution >= 0.6 is 23.2 Å². The van der Waals surface area contributed by atoms with Gasteiger partial charge in [0.05, 0.1) is 5.34 Å². The third-order valence-electron chi connectivity index (χ3n) is 0.787. The van der Waals surface area contributed by atoms with Crippen LogP contribution in [0.4, 0.5) is 8.78 Å². The van der Waals surface area contributed by atoms with E-state index in [0.717, 1.165) is 6.07 Å². The molecule has 0 N–H and O–H groups in total. The summed E-state index contributed by atoms with van der Waals surface area (Å²) < 4.78 is 23.9. The molecule has 4 heteroatoms. The summed E-state index contributed by atoms with van der Waals surface area (Å²) in [6.07, 6.45) is 0. The standard InChI is InChI=1S/C6H4F2.CH2Cl2/c7-5-2-1-3-6(8)4-5;2-1-3/h1-4H;1H2. The Hall–Kier alpha value is -0.340. The lowest BCUT2D eigenvalue weighted by Crippen LogP contribution is -1.73. The summed E-state index contributed by atoms with van der Waals surface area (Å²) in [6.45, 7) is 0. The van der Waals surface area contributed by atoms with Crippen molar-refractivity contribution in [2.75, 3.05) is 5.34 Å². The lowest BCUT2D eigenvalue weighted by molar-refractivity contribution is 0.583. The summed E-state index contributed by atoms with van der Waals surface area (Å²) in [5.74, 6) is -1.07. The molecule has 0 aromatic heterocycles. The fourth-order valence-electron chi connectivity index (χ4n) is 0.460. The molecule has 1 aromatic rings. The minimum absolute atomic E-state index is 0.194. The first-order valence-corrected chi connectivity index (χ1v) is 3.80. The van der Waals surface area contributed by atoms with Gasteiger partial charge in [0.2, 0.25) is 0 Å². The third kappa shape index (κ3) is 6.07. The largest absolute Gasteiger partial charge is 0.207 e. The zero-order chi connectivity index (χ0) is 8.69. The summed E-state index contributed by atoms with van der Waals surface area (Å²) in [7, 11) is 0. The molecule has 0 aliphatic heterocycles. The Balaban J connectivity index is 0.000000292. The van der Waals surface area contributed by atoms with Gasteiger partial charge in [0.1, 0.15) is 11.6 Å². The highest BCUT2D eigenvalue weighted by atomic mass is 35.5. The highest BCUT2D eigenvalue weighted by Crippen LogP contribution is 1.99. The maximum atomic E-state index is 11.9. The van der Waals surface area contributed by atoms with Gasteiger partial charge < -0.3 is 0 Å². The number of hydrogen-bond donors (Lipinski definition) is 0. The second-order valence-electron chi connectivity index (χ2n) is 1.54. The van der Waals surface area contributed by atoms with E-state index < -0.39 is 11.6 Å². The van der Waals surface area contributed by atoms with E-state index in [0.29, 0.717) is 0 Å². The smallest absolute Gasteiger partial charge is 0.126 e. The van der Waals surface area contributed by atoms with Gasteiger partial charge in [-0.3, -0.25) is 0 Å². The van der Waals surface area contributed by atoms with E-state index in [-0.39, 0.29) is 5.34 Å². The lowest BCUT2D eigenvalue weighted by atomic mass is 10.3. The van der Waals surface area contributed by atoms with Gasteiger partial charge in [-0.15, -0.1) is 23.2 Å². The van der Waals surface area contributed by atoms with Crippen LogP contribution in [0, 0.1) is 11.6 Å². The number of hydrogen-bond acceptors (Lipinski definition) is 0. The molecule has 0 bridgehead atoms. The van der Waals surface area contributed by atoms with Crippen molar-refractivity contribution in [3.8, 4) is 0 Å². The van der Waals surface area contributed by atoms with Gasteiger partial charge in [-0.05, 0) is 12.1 Å². The van der Waals surface area contributed by atoms with Gasteiger partial charge >= 0.3 is 0 Å². The maximum Gasteiger partial charge on any atom is 0.126 e. The molecule has 11 heavy (non-hydrogen) atoms. The van der Waals surface area contributed by atoms with E-state index in [1.165, 1.54) is 18.2 Å². The summed E-state index contributed by atoms with van der Waals surface area (Å²) >= 11 is 9.53. The zero-order valence-corrected chi connectivity index (χ0v) is 7.04. The van der Waals surface area contributed by atoms with Crippen LogP contribution in [0.25, 0.3) is 0 Å². The molecule has 1 rings (SSSR count). The zero-order valence-electron chi connectivity index (χ0n) is 5.53. The Morgan fingerprint density at radius 1 is 1.09 bits per heavy atom. The van der Waals surface area contributed by atoms with E-state index in [2.05, 4.69) is 0 Å². The molecule has 0 atom stereocenters. The van der Waals surface area contributed by atoms with Gasteiger partial charge in [-0.2, -0.15) is 0 Å². The van der Waals surface area contributed by atoms with Gasteiger partial charge in [0, 0.05) is 6.07 Å². The lowest BCUT2D eigenvalue weighted by Gasteiger charge is -1.84. The van der Waals surface area contributed by atoms with Crippen LogP contribution in [0.15, 0.2) is 24.3 Å². The number of rotatable bonds is 0. The molecule has 0 fully saturated rings. The SMILES string of the molecule is ClCCl.Fc1cccc(F)c1. The Kier molecular flexibility index (Phi) is 6.18. The van der Waals surface area contributed by atoms with E-state index in [4.69, 9.17) is 23.2 Å². The third-order valence-corrected chi connectivity index (χ3v) is 0.787. The van der Waals surface area contributed by atoms with Gasteiger partial charge in [0.15, 0.2) is 0 Å². The van der Waals surface area contributed by atoms with Crippen molar-refractivity contribution < 1.29 is 8.78 Å². The number of benzene rings is 1. The second kappa shape index (κ2) is 6.38. The van der Waals surface area contributed by atoms with Gasteiger partial charge in [0.25, 0.3) is 0 Å². The van der Waals surface area contributed by atoms with Crippen LogP contribution < -0.4 is 0 Å². The van der Waals surface area contributed by atoms with Crippen LogP contribution in [0.3, 0.4) is 0 Å². The molecular weight excluding hydrogens is 193 g/mol. The van der Waals surface area contributed by atoms with Crippen molar-refractivity contribution in [1.29, 1.82) is 0 Å². The van der Waals surface area contributed by atoms with Gasteiger partial charge in [-0.25, -0.2) is 8.78 Å². The molecule has 0 saturated heterocycles. The second-order valence-corrected chi connectivity index (χ2v) is 2.35. The van der Waals surface area contributed by atoms with E-state index in [9.17, 15) is 8.78 Å². The Morgan fingerprint density at radius 3 is 1.64 bits per heavy atom. The Labute approximate surface area is 73.7 Å². The van der Waals surface area contributed by atoms with Crippen molar-refractivity contribution in [1.82, 2.24) is 0 Å². The first-order valence-electron chi connectivity index (χ1n) is 2.73. The van der Waals surface area contributed by atoms with E-state index in [1.54, 1.807) is 0 Å². The average molecular weight is 199 g/mol. The van der Waals surface area contributed by atoms with Crippen LogP contribution in [0.1, 0.15) is 0 Å². The predicted molar refractivity (Wildman–Crippen MR) is 42.9 cm³/mol. The van der Waals surface area contributed by atoms with Crippen LogP contribution in [0.5, 0.6) is 0 Å². The highest BCUT2D eigenvalue weighted by molar-refractivity contribution is 6.40. The first kappa shape index (κ1) is 10.7. The molecule has 0 unspecified atom stereocenters. The molecule has 0 radical (unpaired) electrons. The Morgan fingerprint density at radius 2 is 1.45 bits per heavy atom. The van der Waals surface area contributed by atoms with E-state index >= 15 is 0 Å². The minimum Gasteiger partial charge on any atom is -0.207 e. The van der Waals surface area contributed by atoms with E-state index in [1.807, 2.05) is 0 Å². The quantitative estimate of drug-likeness (QED) is 0.561. The molecular formula is C7H6Cl2F2. The van der Waals surface area contributed by atoms with Crippen LogP contribution in [-0.2, 0) is 0 Å². The van der Waals surface area contributed by atoms with Crippen molar-refractivity contribution >= 4 is 23.2 Å². The molecule has 0 spiro atoms. The molecule has 0 heterocycles. The van der Waals surface area contributed by atoms with Gasteiger partial charge in [-0.1, -0.05) is 6.07 Å². The molecule has 0 saturated carbocycles. The molecule has 0 aliphatic rings. The summed E-state index contributed by atoms with van der Waals surface area (Å²) in [5, 5.41) is 0.194. The highest BCUT2D eigenvalue weighted by Gasteiger charge is 1.88. The van der Waals surface area contributed by atoms with Crippen molar-refractivity contribution in [3.63, 3.8) is 0 Å². The molecule has 0 amide bonds. The predicted octanol–water partition coefficient (Wildman–Crippen LogP) is 3.39. The summed E-state index contributed by atoms with van der Waals surface area (Å²) in [5.41, 5.74) is 0. The normalized spacial score (nSPS) is 8.36. The number of alkyl halides is 2.